The SMILES string of the molecule is CCc1cc(C(F)(C(C)(C)C)C(C)(F)F)cc(Br)c1C. The van der Waals surface area contributed by atoms with Crippen LogP contribution in [0.25, 0.3) is 0 Å². The highest BCUT2D eigenvalue weighted by Gasteiger charge is 2.59. The molecule has 0 radical (unpaired) electrons. The maximum absolute atomic E-state index is 15.4. The lowest BCUT2D eigenvalue weighted by atomic mass is 9.70. The summed E-state index contributed by atoms with van der Waals surface area (Å²) >= 11 is 3.35. The Morgan fingerprint density at radius 2 is 1.55 bits per heavy atom. The molecule has 1 unspecified atom stereocenters. The smallest absolute Gasteiger partial charge is 0.231 e. The molecular weight excluding hydrogens is 329 g/mol. The molecule has 0 saturated heterocycles. The second-order valence-corrected chi connectivity index (χ2v) is 7.25. The summed E-state index contributed by atoms with van der Waals surface area (Å²) in [7, 11) is 0. The molecule has 20 heavy (non-hydrogen) atoms. The van der Waals surface area contributed by atoms with Crippen LogP contribution in [0.1, 0.15) is 51.3 Å². The lowest BCUT2D eigenvalue weighted by Crippen LogP contribution is -2.49. The molecule has 0 fully saturated rings. The van der Waals surface area contributed by atoms with Gasteiger partial charge in [-0.15, -0.1) is 0 Å². The molecule has 1 aromatic carbocycles. The molecule has 0 N–H and O–H groups in total. The molecule has 0 spiro atoms. The van der Waals surface area contributed by atoms with Gasteiger partial charge in [-0.25, -0.2) is 13.2 Å². The van der Waals surface area contributed by atoms with Crippen LogP contribution in [-0.4, -0.2) is 5.92 Å². The highest BCUT2D eigenvalue weighted by Crippen LogP contribution is 2.53. The van der Waals surface area contributed by atoms with Gasteiger partial charge in [0.15, 0.2) is 0 Å². The summed E-state index contributed by atoms with van der Waals surface area (Å²) in [6, 6.07) is 3.06. The fourth-order valence-electron chi connectivity index (χ4n) is 2.65. The van der Waals surface area contributed by atoms with Gasteiger partial charge >= 0.3 is 0 Å². The Bertz CT molecular complexity index is 482. The van der Waals surface area contributed by atoms with Crippen LogP contribution in [0.5, 0.6) is 0 Å². The van der Waals surface area contributed by atoms with Gasteiger partial charge in [-0.2, -0.15) is 0 Å². The third-order valence-corrected chi connectivity index (χ3v) is 4.69. The second-order valence-electron chi connectivity index (χ2n) is 6.39. The minimum Gasteiger partial charge on any atom is -0.231 e. The summed E-state index contributed by atoms with van der Waals surface area (Å²) in [5, 5.41) is 0. The van der Waals surface area contributed by atoms with E-state index in [0.29, 0.717) is 17.8 Å². The number of hydrogen-bond donors (Lipinski definition) is 0. The van der Waals surface area contributed by atoms with Crippen molar-refractivity contribution >= 4 is 15.9 Å². The molecule has 4 heteroatoms. The molecule has 114 valence electrons. The Labute approximate surface area is 127 Å². The third-order valence-electron chi connectivity index (χ3n) is 3.87. The maximum Gasteiger partial charge on any atom is 0.283 e. The quantitative estimate of drug-likeness (QED) is 0.609. The zero-order chi connectivity index (χ0) is 15.9. The zero-order valence-corrected chi connectivity index (χ0v) is 14.5. The summed E-state index contributed by atoms with van der Waals surface area (Å²) < 4.78 is 44.1. The van der Waals surface area contributed by atoms with Gasteiger partial charge in [0.05, 0.1) is 0 Å². The van der Waals surface area contributed by atoms with Crippen molar-refractivity contribution in [3.05, 3.63) is 33.3 Å². The van der Waals surface area contributed by atoms with Gasteiger partial charge in [0.25, 0.3) is 5.92 Å². The topological polar surface area (TPSA) is 0 Å². The molecule has 0 bridgehead atoms. The molecule has 0 aliphatic rings. The van der Waals surface area contributed by atoms with E-state index in [9.17, 15) is 8.78 Å². The average molecular weight is 351 g/mol. The van der Waals surface area contributed by atoms with Crippen LogP contribution in [0.4, 0.5) is 13.2 Å². The van der Waals surface area contributed by atoms with Crippen LogP contribution in [-0.2, 0) is 12.1 Å². The first kappa shape index (κ1) is 17.5. The van der Waals surface area contributed by atoms with Gasteiger partial charge in [-0.3, -0.25) is 0 Å². The Hall–Kier alpha value is -0.510. The Balaban J connectivity index is 3.65. The van der Waals surface area contributed by atoms with Crippen molar-refractivity contribution in [2.24, 2.45) is 5.41 Å². The van der Waals surface area contributed by atoms with Crippen molar-refractivity contribution in [2.75, 3.05) is 0 Å². The Kier molecular flexibility index (Phi) is 4.70. The van der Waals surface area contributed by atoms with Gasteiger partial charge in [-0.05, 0) is 36.1 Å². The molecule has 0 saturated carbocycles. The van der Waals surface area contributed by atoms with Crippen LogP contribution in [0.2, 0.25) is 0 Å². The standard InChI is InChI=1S/C16H22BrF3/c1-7-11-8-12(9-13(17)10(11)2)16(20,14(3,4)5)15(6,18)19/h8-9H,7H2,1-6H3. The Morgan fingerprint density at radius 3 is 1.90 bits per heavy atom. The molecule has 0 heterocycles. The van der Waals surface area contributed by atoms with Gasteiger partial charge in [-0.1, -0.05) is 49.7 Å². The van der Waals surface area contributed by atoms with Crippen molar-refractivity contribution in [1.82, 2.24) is 0 Å². The van der Waals surface area contributed by atoms with E-state index in [4.69, 9.17) is 0 Å². The summed E-state index contributed by atoms with van der Waals surface area (Å²) in [5.74, 6) is -3.47. The van der Waals surface area contributed by atoms with Crippen LogP contribution in [0, 0.1) is 12.3 Å². The number of hydrogen-bond acceptors (Lipinski definition) is 0. The van der Waals surface area contributed by atoms with E-state index in [1.54, 1.807) is 6.07 Å². The van der Waals surface area contributed by atoms with Crippen molar-refractivity contribution < 1.29 is 13.2 Å². The number of halogens is 4. The van der Waals surface area contributed by atoms with E-state index in [-0.39, 0.29) is 5.56 Å². The van der Waals surface area contributed by atoms with E-state index in [1.807, 2.05) is 13.8 Å². The minimum absolute atomic E-state index is 0.0341. The summed E-state index contributed by atoms with van der Waals surface area (Å²) in [6.07, 6.45) is 0.674. The maximum atomic E-state index is 15.4. The van der Waals surface area contributed by atoms with E-state index in [2.05, 4.69) is 15.9 Å². The van der Waals surface area contributed by atoms with Crippen molar-refractivity contribution in [3.63, 3.8) is 0 Å². The lowest BCUT2D eigenvalue weighted by Gasteiger charge is -2.42. The fraction of sp³-hybridized carbons (Fsp3) is 0.625. The van der Waals surface area contributed by atoms with Crippen LogP contribution >= 0.6 is 15.9 Å². The van der Waals surface area contributed by atoms with Crippen molar-refractivity contribution in [1.29, 1.82) is 0 Å². The largest absolute Gasteiger partial charge is 0.283 e. The first-order valence-corrected chi connectivity index (χ1v) is 7.51. The molecule has 0 amide bonds. The van der Waals surface area contributed by atoms with Crippen molar-refractivity contribution in [3.8, 4) is 0 Å². The van der Waals surface area contributed by atoms with E-state index in [1.165, 1.54) is 26.8 Å². The molecule has 1 aromatic rings. The lowest BCUT2D eigenvalue weighted by molar-refractivity contribution is -0.180. The molecule has 0 aromatic heterocycles. The molecule has 0 aliphatic carbocycles. The first-order valence-electron chi connectivity index (χ1n) is 6.72. The first-order chi connectivity index (χ1) is 8.86. The fourth-order valence-corrected chi connectivity index (χ4v) is 3.15. The van der Waals surface area contributed by atoms with Gasteiger partial charge in [0.2, 0.25) is 5.67 Å². The summed E-state index contributed by atoms with van der Waals surface area (Å²) in [6.45, 7) is 8.99. The van der Waals surface area contributed by atoms with Gasteiger partial charge in [0, 0.05) is 16.8 Å². The van der Waals surface area contributed by atoms with Gasteiger partial charge < -0.3 is 0 Å². The van der Waals surface area contributed by atoms with Crippen LogP contribution in [0.15, 0.2) is 16.6 Å². The molecular formula is C16H22BrF3. The average Bonchev–Trinajstić information content (AvgIpc) is 2.28. The predicted octanol–water partition coefficient (Wildman–Crippen LogP) is 6.19. The number of rotatable bonds is 3. The van der Waals surface area contributed by atoms with E-state index < -0.39 is 17.0 Å². The summed E-state index contributed by atoms with van der Waals surface area (Å²) in [4.78, 5) is 0. The molecule has 0 aliphatic heterocycles. The minimum atomic E-state index is -3.47. The van der Waals surface area contributed by atoms with Crippen LogP contribution < -0.4 is 0 Å². The van der Waals surface area contributed by atoms with E-state index in [0.717, 1.165) is 11.1 Å². The molecule has 1 rings (SSSR count). The van der Waals surface area contributed by atoms with Gasteiger partial charge in [0.1, 0.15) is 0 Å². The number of alkyl halides is 3. The normalized spacial score (nSPS) is 16.1. The highest BCUT2D eigenvalue weighted by atomic mass is 79.9. The third kappa shape index (κ3) is 2.76. The second kappa shape index (κ2) is 5.36. The number of benzene rings is 1. The van der Waals surface area contributed by atoms with E-state index >= 15 is 4.39 Å². The number of aryl methyl sites for hydroxylation is 1. The van der Waals surface area contributed by atoms with Crippen LogP contribution in [0.3, 0.4) is 0 Å². The summed E-state index contributed by atoms with van der Waals surface area (Å²) in [5.41, 5.74) is -2.06. The predicted molar refractivity (Wildman–Crippen MR) is 81.1 cm³/mol. The van der Waals surface area contributed by atoms with Crippen molar-refractivity contribution in [2.45, 2.75) is 59.6 Å². The Morgan fingerprint density at radius 1 is 1.05 bits per heavy atom. The molecule has 1 atom stereocenters. The highest BCUT2D eigenvalue weighted by molar-refractivity contribution is 9.10. The molecule has 0 nitrogen and oxygen atoms in total. The zero-order valence-electron chi connectivity index (χ0n) is 12.9. The monoisotopic (exact) mass is 350 g/mol.